The summed E-state index contributed by atoms with van der Waals surface area (Å²) in [6.45, 7) is 4.70. The molecule has 1 aliphatic heterocycles. The molecule has 28 heavy (non-hydrogen) atoms. The average Bonchev–Trinajstić information content (AvgIpc) is 2.70. The van der Waals surface area contributed by atoms with E-state index in [9.17, 15) is 4.79 Å². The molecule has 0 atom stereocenters. The fraction of sp³-hybridized carbons (Fsp3) is 0.300. The molecule has 0 radical (unpaired) electrons. The van der Waals surface area contributed by atoms with Crippen molar-refractivity contribution in [2.45, 2.75) is 6.54 Å². The first kappa shape index (κ1) is 20.7. The molecule has 2 aromatic carbocycles. The number of rotatable bonds is 5. The molecule has 1 fully saturated rings. The number of benzene rings is 2. The molecule has 0 aromatic heterocycles. The van der Waals surface area contributed by atoms with E-state index in [1.165, 1.54) is 17.6 Å². The molecule has 148 valence electrons. The standard InChI is InChI=1S/C20H22BrN3O3S/c1-26-18-7-4-15(21)12-17(18)19(25)23-20(28)22-16-5-2-14(3-6-16)13-24-8-10-27-11-9-24/h2-7,12H,8-11,13H2,1H3,(H2,22,23,25,28)/p+1. The van der Waals surface area contributed by atoms with Crippen LogP contribution in [0, 0.1) is 0 Å². The lowest BCUT2D eigenvalue weighted by Gasteiger charge is -2.23. The molecule has 1 amide bonds. The SMILES string of the molecule is COc1ccc(Br)cc1C(=O)NC(=S)Nc1ccc(C[NH+]2CCOCC2)cc1. The Morgan fingerprint density at radius 2 is 1.93 bits per heavy atom. The van der Waals surface area contributed by atoms with Crippen molar-refractivity contribution in [2.75, 3.05) is 38.7 Å². The maximum Gasteiger partial charge on any atom is 0.261 e. The molecule has 1 heterocycles. The highest BCUT2D eigenvalue weighted by molar-refractivity contribution is 9.10. The number of amides is 1. The molecule has 0 bridgehead atoms. The largest absolute Gasteiger partial charge is 0.496 e. The van der Waals surface area contributed by atoms with Crippen LogP contribution in [0.1, 0.15) is 15.9 Å². The van der Waals surface area contributed by atoms with Crippen molar-refractivity contribution < 1.29 is 19.2 Å². The van der Waals surface area contributed by atoms with E-state index in [1.807, 2.05) is 18.2 Å². The van der Waals surface area contributed by atoms with E-state index in [1.54, 1.807) is 12.1 Å². The summed E-state index contributed by atoms with van der Waals surface area (Å²) in [5, 5.41) is 5.97. The van der Waals surface area contributed by atoms with Crippen LogP contribution in [-0.4, -0.2) is 44.4 Å². The average molecular weight is 465 g/mol. The molecular formula is C20H23BrN3O3S+. The van der Waals surface area contributed by atoms with E-state index in [4.69, 9.17) is 21.7 Å². The van der Waals surface area contributed by atoms with Gasteiger partial charge in [0.15, 0.2) is 5.11 Å². The number of anilines is 1. The van der Waals surface area contributed by atoms with E-state index in [0.717, 1.165) is 43.0 Å². The third kappa shape index (κ3) is 5.75. The van der Waals surface area contributed by atoms with Crippen LogP contribution >= 0.6 is 28.1 Å². The second kappa shape index (κ2) is 9.97. The first-order valence-corrected chi connectivity index (χ1v) is 10.2. The Balaban J connectivity index is 1.55. The van der Waals surface area contributed by atoms with E-state index >= 15 is 0 Å². The molecular weight excluding hydrogens is 442 g/mol. The van der Waals surface area contributed by atoms with Gasteiger partial charge in [0.25, 0.3) is 5.91 Å². The fourth-order valence-corrected chi connectivity index (χ4v) is 3.59. The van der Waals surface area contributed by atoms with Crippen molar-refractivity contribution >= 4 is 44.9 Å². The first-order valence-electron chi connectivity index (χ1n) is 9.01. The van der Waals surface area contributed by atoms with Gasteiger partial charge >= 0.3 is 0 Å². The predicted molar refractivity (Wildman–Crippen MR) is 116 cm³/mol. The molecule has 6 nitrogen and oxygen atoms in total. The van der Waals surface area contributed by atoms with Crippen LogP contribution in [-0.2, 0) is 11.3 Å². The van der Waals surface area contributed by atoms with Gasteiger partial charge < -0.3 is 19.7 Å². The van der Waals surface area contributed by atoms with Gasteiger partial charge in [-0.2, -0.15) is 0 Å². The summed E-state index contributed by atoms with van der Waals surface area (Å²) < 4.78 is 11.4. The number of carbonyl (C=O) groups excluding carboxylic acids is 1. The number of morpholine rings is 1. The zero-order chi connectivity index (χ0) is 19.9. The monoisotopic (exact) mass is 464 g/mol. The van der Waals surface area contributed by atoms with Crippen molar-refractivity contribution in [1.29, 1.82) is 0 Å². The summed E-state index contributed by atoms with van der Waals surface area (Å²) in [6, 6.07) is 13.3. The Kier molecular flexibility index (Phi) is 7.38. The van der Waals surface area contributed by atoms with E-state index < -0.39 is 0 Å². The highest BCUT2D eigenvalue weighted by atomic mass is 79.9. The second-order valence-electron chi connectivity index (χ2n) is 6.49. The van der Waals surface area contributed by atoms with E-state index in [2.05, 4.69) is 38.7 Å². The smallest absolute Gasteiger partial charge is 0.261 e. The highest BCUT2D eigenvalue weighted by Gasteiger charge is 2.15. The lowest BCUT2D eigenvalue weighted by Crippen LogP contribution is -3.12. The van der Waals surface area contributed by atoms with Gasteiger partial charge in [-0.05, 0) is 42.5 Å². The Hall–Kier alpha value is -2.00. The molecule has 3 rings (SSSR count). The minimum atomic E-state index is -0.330. The van der Waals surface area contributed by atoms with Crippen LogP contribution in [0.3, 0.4) is 0 Å². The topological polar surface area (TPSA) is 64.0 Å². The predicted octanol–water partition coefficient (Wildman–Crippen LogP) is 2.00. The van der Waals surface area contributed by atoms with Crippen LogP contribution in [0.25, 0.3) is 0 Å². The van der Waals surface area contributed by atoms with Crippen molar-refractivity contribution in [3.63, 3.8) is 0 Å². The summed E-state index contributed by atoms with van der Waals surface area (Å²) in [5.74, 6) is 0.154. The zero-order valence-electron chi connectivity index (χ0n) is 15.6. The fourth-order valence-electron chi connectivity index (χ4n) is 3.02. The number of hydrogen-bond donors (Lipinski definition) is 3. The van der Waals surface area contributed by atoms with E-state index in [0.29, 0.717) is 11.3 Å². The first-order chi connectivity index (χ1) is 13.5. The second-order valence-corrected chi connectivity index (χ2v) is 7.81. The molecule has 8 heteroatoms. The number of halogens is 1. The molecule has 2 aromatic rings. The van der Waals surface area contributed by atoms with Crippen molar-refractivity contribution in [1.82, 2.24) is 5.32 Å². The number of hydrogen-bond acceptors (Lipinski definition) is 4. The molecule has 0 spiro atoms. The van der Waals surface area contributed by atoms with Gasteiger partial charge in [-0.15, -0.1) is 0 Å². The Morgan fingerprint density at radius 1 is 1.21 bits per heavy atom. The number of thiocarbonyl (C=S) groups is 1. The lowest BCUT2D eigenvalue weighted by atomic mass is 10.2. The van der Waals surface area contributed by atoms with E-state index in [-0.39, 0.29) is 11.0 Å². The maximum atomic E-state index is 12.5. The molecule has 3 N–H and O–H groups in total. The lowest BCUT2D eigenvalue weighted by molar-refractivity contribution is -0.921. The molecule has 0 saturated carbocycles. The van der Waals surface area contributed by atoms with Crippen LogP contribution in [0.4, 0.5) is 5.69 Å². The Bertz CT molecular complexity index is 839. The van der Waals surface area contributed by atoms with Crippen LogP contribution in [0.15, 0.2) is 46.9 Å². The van der Waals surface area contributed by atoms with Crippen LogP contribution in [0.2, 0.25) is 0 Å². The van der Waals surface area contributed by atoms with Gasteiger partial charge in [0.1, 0.15) is 25.4 Å². The minimum absolute atomic E-state index is 0.235. The summed E-state index contributed by atoms with van der Waals surface area (Å²) >= 11 is 8.64. The molecule has 0 unspecified atom stereocenters. The third-order valence-electron chi connectivity index (χ3n) is 4.50. The highest BCUT2D eigenvalue weighted by Crippen LogP contribution is 2.22. The number of methoxy groups -OCH3 is 1. The van der Waals surface area contributed by atoms with Gasteiger partial charge in [-0.25, -0.2) is 0 Å². The van der Waals surface area contributed by atoms with Gasteiger partial charge in [-0.3, -0.25) is 10.1 Å². The molecule has 0 aliphatic carbocycles. The number of quaternary nitrogens is 1. The minimum Gasteiger partial charge on any atom is -0.496 e. The third-order valence-corrected chi connectivity index (χ3v) is 5.20. The maximum absolute atomic E-state index is 12.5. The van der Waals surface area contributed by atoms with Crippen molar-refractivity contribution in [3.05, 3.63) is 58.1 Å². The van der Waals surface area contributed by atoms with Gasteiger partial charge in [0.05, 0.1) is 25.9 Å². The van der Waals surface area contributed by atoms with Gasteiger partial charge in [0, 0.05) is 15.7 Å². The summed E-state index contributed by atoms with van der Waals surface area (Å²) in [4.78, 5) is 14.0. The number of nitrogens with one attached hydrogen (secondary N) is 3. The zero-order valence-corrected chi connectivity index (χ0v) is 18.0. The van der Waals surface area contributed by atoms with Gasteiger partial charge in [0.2, 0.25) is 0 Å². The summed E-state index contributed by atoms with van der Waals surface area (Å²) in [6.07, 6.45) is 0. The normalized spacial score (nSPS) is 14.4. The molecule has 1 aliphatic rings. The summed E-state index contributed by atoms with van der Waals surface area (Å²) in [5.41, 5.74) is 2.49. The van der Waals surface area contributed by atoms with Crippen LogP contribution in [0.5, 0.6) is 5.75 Å². The van der Waals surface area contributed by atoms with Crippen molar-refractivity contribution in [2.24, 2.45) is 0 Å². The van der Waals surface area contributed by atoms with Crippen molar-refractivity contribution in [3.8, 4) is 5.75 Å². The van der Waals surface area contributed by atoms with Crippen LogP contribution < -0.4 is 20.3 Å². The van der Waals surface area contributed by atoms with Gasteiger partial charge in [-0.1, -0.05) is 28.1 Å². The quantitative estimate of drug-likeness (QED) is 0.590. The Morgan fingerprint density at radius 3 is 2.61 bits per heavy atom. The number of ether oxygens (including phenoxy) is 2. The number of carbonyl (C=O) groups is 1. The summed E-state index contributed by atoms with van der Waals surface area (Å²) in [7, 11) is 1.52. The Labute approximate surface area is 178 Å². The molecule has 1 saturated heterocycles.